The zero-order valence-electron chi connectivity index (χ0n) is 13.0. The minimum Gasteiger partial charge on any atom is -0.353 e. The third kappa shape index (κ3) is 7.70. The molecule has 1 atom stereocenters. The highest BCUT2D eigenvalue weighted by Crippen LogP contribution is 2.19. The fourth-order valence-electron chi connectivity index (χ4n) is 2.42. The molecule has 18 heavy (non-hydrogen) atoms. The van der Waals surface area contributed by atoms with Crippen LogP contribution in [0.25, 0.3) is 0 Å². The van der Waals surface area contributed by atoms with Crippen molar-refractivity contribution in [2.75, 3.05) is 13.1 Å². The van der Waals surface area contributed by atoms with E-state index in [1.807, 2.05) is 0 Å². The smallest absolute Gasteiger partial charge is 0.234 e. The van der Waals surface area contributed by atoms with Crippen LogP contribution in [-0.4, -0.2) is 25.0 Å². The van der Waals surface area contributed by atoms with Crippen LogP contribution < -0.4 is 10.6 Å². The number of carbonyl (C=O) groups excluding carboxylic acids is 1. The quantitative estimate of drug-likeness (QED) is 0.666. The second kappa shape index (κ2) is 9.37. The Hall–Kier alpha value is -0.570. The van der Waals surface area contributed by atoms with E-state index in [4.69, 9.17) is 0 Å². The largest absolute Gasteiger partial charge is 0.353 e. The molecule has 0 aromatic carbocycles. The molecule has 3 heteroatoms. The molecule has 0 aliphatic carbocycles. The van der Waals surface area contributed by atoms with Crippen molar-refractivity contribution in [1.29, 1.82) is 0 Å². The molecule has 0 bridgehead atoms. The summed E-state index contributed by atoms with van der Waals surface area (Å²) in [5.74, 6) is 2.05. The van der Waals surface area contributed by atoms with Crippen LogP contribution in [0.5, 0.6) is 0 Å². The molecular formula is C15H32N2O. The molecule has 2 N–H and O–H groups in total. The molecule has 1 unspecified atom stereocenters. The zero-order valence-corrected chi connectivity index (χ0v) is 13.0. The van der Waals surface area contributed by atoms with Gasteiger partial charge in [0.05, 0.1) is 6.54 Å². The van der Waals surface area contributed by atoms with Gasteiger partial charge in [0.15, 0.2) is 0 Å². The van der Waals surface area contributed by atoms with Gasteiger partial charge in [0.1, 0.15) is 0 Å². The van der Waals surface area contributed by atoms with Crippen molar-refractivity contribution >= 4 is 5.91 Å². The first-order chi connectivity index (χ1) is 8.38. The highest BCUT2D eigenvalue weighted by atomic mass is 16.1. The van der Waals surface area contributed by atoms with Crippen molar-refractivity contribution in [2.24, 2.45) is 17.8 Å². The van der Waals surface area contributed by atoms with Gasteiger partial charge in [-0.2, -0.15) is 0 Å². The Balaban J connectivity index is 3.85. The first-order valence-electron chi connectivity index (χ1n) is 7.38. The predicted molar refractivity (Wildman–Crippen MR) is 78.5 cm³/mol. The number of rotatable bonds is 9. The third-order valence-corrected chi connectivity index (χ3v) is 3.51. The number of hydrogen-bond acceptors (Lipinski definition) is 2. The molecule has 0 saturated heterocycles. The van der Waals surface area contributed by atoms with E-state index in [0.29, 0.717) is 24.3 Å². The molecule has 0 radical (unpaired) electrons. The van der Waals surface area contributed by atoms with Gasteiger partial charge in [0.25, 0.3) is 0 Å². The molecule has 0 spiro atoms. The van der Waals surface area contributed by atoms with Crippen LogP contribution >= 0.6 is 0 Å². The van der Waals surface area contributed by atoms with Crippen molar-refractivity contribution in [3.05, 3.63) is 0 Å². The Labute approximate surface area is 113 Å². The first-order valence-corrected chi connectivity index (χ1v) is 7.38. The summed E-state index contributed by atoms with van der Waals surface area (Å²) in [4.78, 5) is 11.7. The maximum atomic E-state index is 11.7. The van der Waals surface area contributed by atoms with Gasteiger partial charge in [-0.05, 0) is 37.6 Å². The summed E-state index contributed by atoms with van der Waals surface area (Å²) in [6, 6.07) is 0.287. The molecule has 0 heterocycles. The van der Waals surface area contributed by atoms with Crippen LogP contribution in [0.3, 0.4) is 0 Å². The zero-order chi connectivity index (χ0) is 14.1. The van der Waals surface area contributed by atoms with Gasteiger partial charge < -0.3 is 10.6 Å². The van der Waals surface area contributed by atoms with E-state index in [9.17, 15) is 4.79 Å². The highest BCUT2D eigenvalue weighted by molar-refractivity contribution is 5.78. The summed E-state index contributed by atoms with van der Waals surface area (Å²) in [5, 5.41) is 6.29. The molecule has 0 aliphatic heterocycles. The molecule has 3 nitrogen and oxygen atoms in total. The molecule has 0 aliphatic rings. The fourth-order valence-corrected chi connectivity index (χ4v) is 2.42. The summed E-state index contributed by atoms with van der Waals surface area (Å²) >= 11 is 0. The maximum Gasteiger partial charge on any atom is 0.234 e. The molecule has 0 aromatic heterocycles. The van der Waals surface area contributed by atoms with E-state index in [0.717, 1.165) is 19.4 Å². The van der Waals surface area contributed by atoms with Gasteiger partial charge >= 0.3 is 0 Å². The van der Waals surface area contributed by atoms with E-state index in [-0.39, 0.29) is 11.9 Å². The average Bonchev–Trinajstić information content (AvgIpc) is 2.23. The summed E-state index contributed by atoms with van der Waals surface area (Å²) in [6.07, 6.45) is 2.16. The van der Waals surface area contributed by atoms with Gasteiger partial charge in [0, 0.05) is 6.04 Å². The third-order valence-electron chi connectivity index (χ3n) is 3.51. The minimum atomic E-state index is 0.113. The lowest BCUT2D eigenvalue weighted by molar-refractivity contribution is -0.120. The van der Waals surface area contributed by atoms with E-state index in [1.165, 1.54) is 0 Å². The second-order valence-corrected chi connectivity index (χ2v) is 6.04. The van der Waals surface area contributed by atoms with Crippen molar-refractivity contribution in [2.45, 2.75) is 60.4 Å². The van der Waals surface area contributed by atoms with Crippen LogP contribution in [-0.2, 0) is 4.79 Å². The van der Waals surface area contributed by atoms with Crippen LogP contribution in [0.1, 0.15) is 54.4 Å². The second-order valence-electron chi connectivity index (χ2n) is 6.04. The summed E-state index contributed by atoms with van der Waals surface area (Å²) in [6.45, 7) is 14.5. The standard InChI is InChI=1S/C15H32N2O/c1-7-8-13(6)17-15(18)10-16-9-14(11(2)3)12(4)5/h11-14,16H,7-10H2,1-6H3,(H,17,18). The Morgan fingerprint density at radius 3 is 2.06 bits per heavy atom. The number of nitrogens with one attached hydrogen (secondary N) is 2. The lowest BCUT2D eigenvalue weighted by atomic mass is 9.85. The molecule has 0 rings (SSSR count). The van der Waals surface area contributed by atoms with E-state index in [1.54, 1.807) is 0 Å². The lowest BCUT2D eigenvalue weighted by Crippen LogP contribution is -2.41. The normalized spacial score (nSPS) is 13.4. The Morgan fingerprint density at radius 1 is 1.06 bits per heavy atom. The number of amides is 1. The number of hydrogen-bond donors (Lipinski definition) is 2. The van der Waals surface area contributed by atoms with Crippen LogP contribution in [0.2, 0.25) is 0 Å². The summed E-state index contributed by atoms with van der Waals surface area (Å²) < 4.78 is 0. The monoisotopic (exact) mass is 256 g/mol. The van der Waals surface area contributed by atoms with Crippen molar-refractivity contribution in [3.8, 4) is 0 Å². The Morgan fingerprint density at radius 2 is 1.61 bits per heavy atom. The lowest BCUT2D eigenvalue weighted by Gasteiger charge is -2.25. The van der Waals surface area contributed by atoms with E-state index < -0.39 is 0 Å². The van der Waals surface area contributed by atoms with Gasteiger partial charge in [0.2, 0.25) is 5.91 Å². The Kier molecular flexibility index (Phi) is 9.08. The van der Waals surface area contributed by atoms with Crippen LogP contribution in [0.15, 0.2) is 0 Å². The average molecular weight is 256 g/mol. The maximum absolute atomic E-state index is 11.7. The van der Waals surface area contributed by atoms with Crippen LogP contribution in [0, 0.1) is 17.8 Å². The molecule has 0 fully saturated rings. The fraction of sp³-hybridized carbons (Fsp3) is 0.933. The van der Waals surface area contributed by atoms with Crippen molar-refractivity contribution in [1.82, 2.24) is 10.6 Å². The number of carbonyl (C=O) groups is 1. The molecule has 1 amide bonds. The predicted octanol–water partition coefficient (Wildman–Crippen LogP) is 2.81. The summed E-state index contributed by atoms with van der Waals surface area (Å²) in [7, 11) is 0. The van der Waals surface area contributed by atoms with Crippen LogP contribution in [0.4, 0.5) is 0 Å². The first kappa shape index (κ1) is 17.4. The topological polar surface area (TPSA) is 41.1 Å². The van der Waals surface area contributed by atoms with Crippen molar-refractivity contribution in [3.63, 3.8) is 0 Å². The van der Waals surface area contributed by atoms with Gasteiger partial charge in [-0.25, -0.2) is 0 Å². The SMILES string of the molecule is CCCC(C)NC(=O)CNCC(C(C)C)C(C)C. The molecule has 0 aromatic rings. The minimum absolute atomic E-state index is 0.113. The van der Waals surface area contributed by atoms with E-state index in [2.05, 4.69) is 52.2 Å². The molecule has 0 saturated carbocycles. The Bertz CT molecular complexity index is 219. The van der Waals surface area contributed by atoms with Gasteiger partial charge in [-0.15, -0.1) is 0 Å². The molecule has 108 valence electrons. The summed E-state index contributed by atoms with van der Waals surface area (Å²) in [5.41, 5.74) is 0. The van der Waals surface area contributed by atoms with Gasteiger partial charge in [-0.1, -0.05) is 41.0 Å². The van der Waals surface area contributed by atoms with Crippen molar-refractivity contribution < 1.29 is 4.79 Å². The van der Waals surface area contributed by atoms with E-state index >= 15 is 0 Å². The highest BCUT2D eigenvalue weighted by Gasteiger charge is 2.17. The van der Waals surface area contributed by atoms with Gasteiger partial charge in [-0.3, -0.25) is 4.79 Å². The molecular weight excluding hydrogens is 224 g/mol.